The van der Waals surface area contributed by atoms with E-state index in [0.29, 0.717) is 5.69 Å². The fourth-order valence-corrected chi connectivity index (χ4v) is 2.55. The van der Waals surface area contributed by atoms with Crippen LogP contribution >= 0.6 is 11.8 Å². The molecule has 0 aliphatic heterocycles. The quantitative estimate of drug-likeness (QED) is 0.480. The Kier molecular flexibility index (Phi) is 6.41. The molecular weight excluding hydrogens is 296 g/mol. The summed E-state index contributed by atoms with van der Waals surface area (Å²) < 4.78 is 9.84. The van der Waals surface area contributed by atoms with Crippen LogP contribution in [0.2, 0.25) is 0 Å². The third-order valence-corrected chi connectivity index (χ3v) is 3.54. The number of nitrogens with zero attached hydrogens (tertiary/aromatic N) is 1. The van der Waals surface area contributed by atoms with E-state index in [1.165, 1.54) is 0 Å². The molecule has 1 rings (SSSR count). The molecule has 0 unspecified atom stereocenters. The Hall–Kier alpha value is -1.83. The fraction of sp³-hybridized carbons (Fsp3) is 0.538. The minimum Gasteiger partial charge on any atom is -0.465 e. The molecule has 0 aromatic carbocycles. The summed E-state index contributed by atoms with van der Waals surface area (Å²) in [4.78, 5) is 41.3. The van der Waals surface area contributed by atoms with Crippen molar-refractivity contribution in [3.63, 3.8) is 0 Å². The van der Waals surface area contributed by atoms with Gasteiger partial charge < -0.3 is 14.5 Å². The van der Waals surface area contributed by atoms with Gasteiger partial charge in [0.2, 0.25) is 0 Å². The molecule has 0 bridgehead atoms. The van der Waals surface area contributed by atoms with Crippen molar-refractivity contribution in [3.8, 4) is 0 Å². The molecule has 8 heteroatoms. The molecule has 0 amide bonds. The molecule has 116 valence electrons. The van der Waals surface area contributed by atoms with Gasteiger partial charge in [-0.1, -0.05) is 11.8 Å². The summed E-state index contributed by atoms with van der Waals surface area (Å²) in [7, 11) is 0. The van der Waals surface area contributed by atoms with Crippen molar-refractivity contribution < 1.29 is 19.1 Å². The van der Waals surface area contributed by atoms with E-state index in [2.05, 4.69) is 9.97 Å². The predicted octanol–water partition coefficient (Wildman–Crippen LogP) is 1.30. The monoisotopic (exact) mass is 314 g/mol. The molecule has 0 radical (unpaired) electrons. The van der Waals surface area contributed by atoms with E-state index in [1.807, 2.05) is 0 Å². The van der Waals surface area contributed by atoms with Crippen LogP contribution in [0, 0.1) is 6.92 Å². The van der Waals surface area contributed by atoms with Gasteiger partial charge in [-0.25, -0.2) is 9.59 Å². The SMILES string of the molecule is CCOC(=O)c1c(S[C@@H](C)C(=O)OCC)nc(=O)[nH]c1C. The lowest BCUT2D eigenvalue weighted by Gasteiger charge is -2.13. The number of carbonyl (C=O) groups excluding carboxylic acids is 2. The Morgan fingerprint density at radius 3 is 2.48 bits per heavy atom. The first-order valence-electron chi connectivity index (χ1n) is 6.52. The van der Waals surface area contributed by atoms with Crippen molar-refractivity contribution >= 4 is 23.7 Å². The Balaban J connectivity index is 3.13. The van der Waals surface area contributed by atoms with Crippen LogP contribution in [0.1, 0.15) is 36.8 Å². The van der Waals surface area contributed by atoms with Crippen molar-refractivity contribution in [2.45, 2.75) is 38.0 Å². The summed E-state index contributed by atoms with van der Waals surface area (Å²) in [5.41, 5.74) is -0.0660. The first kappa shape index (κ1) is 17.2. The highest BCUT2D eigenvalue weighted by Gasteiger charge is 2.24. The van der Waals surface area contributed by atoms with E-state index in [9.17, 15) is 14.4 Å². The maximum Gasteiger partial charge on any atom is 0.346 e. The summed E-state index contributed by atoms with van der Waals surface area (Å²) in [6, 6.07) is 0. The van der Waals surface area contributed by atoms with E-state index in [4.69, 9.17) is 9.47 Å². The lowest BCUT2D eigenvalue weighted by atomic mass is 10.2. The number of aromatic amines is 1. The third-order valence-electron chi connectivity index (χ3n) is 2.47. The topological polar surface area (TPSA) is 98.3 Å². The van der Waals surface area contributed by atoms with Crippen LogP contribution in [0.3, 0.4) is 0 Å². The number of H-pyrrole nitrogens is 1. The van der Waals surface area contributed by atoms with Crippen LogP contribution < -0.4 is 5.69 Å². The molecule has 0 aliphatic carbocycles. The third kappa shape index (κ3) is 4.59. The molecule has 1 aromatic heterocycles. The first-order chi connectivity index (χ1) is 9.90. The van der Waals surface area contributed by atoms with E-state index in [1.54, 1.807) is 27.7 Å². The largest absolute Gasteiger partial charge is 0.465 e. The summed E-state index contributed by atoms with van der Waals surface area (Å²) in [6.45, 7) is 7.05. The molecule has 1 heterocycles. The molecule has 1 atom stereocenters. The van der Waals surface area contributed by atoms with E-state index in [-0.39, 0.29) is 23.8 Å². The molecular formula is C13H18N2O5S. The number of nitrogens with one attached hydrogen (secondary N) is 1. The second-order valence-corrected chi connectivity index (χ2v) is 5.41. The van der Waals surface area contributed by atoms with Gasteiger partial charge in [0.1, 0.15) is 15.8 Å². The molecule has 0 fully saturated rings. The highest BCUT2D eigenvalue weighted by atomic mass is 32.2. The molecule has 1 N–H and O–H groups in total. The zero-order chi connectivity index (χ0) is 16.0. The number of rotatable bonds is 6. The Bertz CT molecular complexity index is 584. The average molecular weight is 314 g/mol. The lowest BCUT2D eigenvalue weighted by molar-refractivity contribution is -0.142. The van der Waals surface area contributed by atoms with Gasteiger partial charge >= 0.3 is 17.6 Å². The predicted molar refractivity (Wildman–Crippen MR) is 77.5 cm³/mol. The zero-order valence-electron chi connectivity index (χ0n) is 12.4. The molecule has 0 saturated heterocycles. The summed E-state index contributed by atoms with van der Waals surface area (Å²) in [6.07, 6.45) is 0. The number of carbonyl (C=O) groups is 2. The summed E-state index contributed by atoms with van der Waals surface area (Å²) in [5, 5.41) is -0.429. The van der Waals surface area contributed by atoms with Gasteiger partial charge in [-0.2, -0.15) is 4.98 Å². The zero-order valence-corrected chi connectivity index (χ0v) is 13.2. The summed E-state index contributed by atoms with van der Waals surface area (Å²) >= 11 is 0.994. The average Bonchev–Trinajstić information content (AvgIpc) is 2.38. The Morgan fingerprint density at radius 2 is 1.90 bits per heavy atom. The van der Waals surface area contributed by atoms with Gasteiger partial charge in [-0.15, -0.1) is 0 Å². The molecule has 7 nitrogen and oxygen atoms in total. The van der Waals surface area contributed by atoms with E-state index < -0.39 is 22.9 Å². The number of aromatic nitrogens is 2. The molecule has 0 aliphatic rings. The maximum atomic E-state index is 12.0. The van der Waals surface area contributed by atoms with E-state index >= 15 is 0 Å². The van der Waals surface area contributed by atoms with Gasteiger partial charge in [0.15, 0.2) is 0 Å². The van der Waals surface area contributed by atoms with Crippen LogP contribution in [-0.2, 0) is 14.3 Å². The lowest BCUT2D eigenvalue weighted by Crippen LogP contribution is -2.22. The van der Waals surface area contributed by atoms with Gasteiger partial charge in [0.05, 0.1) is 13.2 Å². The number of esters is 2. The normalized spacial score (nSPS) is 11.8. The number of thioether (sulfide) groups is 1. The van der Waals surface area contributed by atoms with Gasteiger partial charge in [0.25, 0.3) is 0 Å². The Morgan fingerprint density at radius 1 is 1.29 bits per heavy atom. The number of hydrogen-bond acceptors (Lipinski definition) is 7. The number of hydrogen-bond donors (Lipinski definition) is 1. The van der Waals surface area contributed by atoms with Crippen molar-refractivity contribution in [2.24, 2.45) is 0 Å². The molecule has 0 saturated carbocycles. The second kappa shape index (κ2) is 7.82. The first-order valence-corrected chi connectivity index (χ1v) is 7.39. The Labute approximate surface area is 126 Å². The smallest absolute Gasteiger partial charge is 0.346 e. The standard InChI is InChI=1S/C13H18N2O5S/c1-5-19-11(16)8(4)21-10-9(12(17)20-6-2)7(3)14-13(18)15-10/h8H,5-6H2,1-4H3,(H,14,15,18)/t8-/m0/s1. The van der Waals surface area contributed by atoms with Crippen molar-refractivity contribution in [1.82, 2.24) is 9.97 Å². The van der Waals surface area contributed by atoms with Crippen molar-refractivity contribution in [2.75, 3.05) is 13.2 Å². The summed E-state index contributed by atoms with van der Waals surface area (Å²) in [5.74, 6) is -1.02. The molecule has 1 aromatic rings. The minimum atomic E-state index is -0.591. The molecule has 21 heavy (non-hydrogen) atoms. The van der Waals surface area contributed by atoms with Crippen molar-refractivity contribution in [1.29, 1.82) is 0 Å². The van der Waals surface area contributed by atoms with E-state index in [0.717, 1.165) is 11.8 Å². The highest BCUT2D eigenvalue weighted by Crippen LogP contribution is 2.26. The van der Waals surface area contributed by atoms with Gasteiger partial charge in [-0.3, -0.25) is 4.79 Å². The van der Waals surface area contributed by atoms with Gasteiger partial charge in [0, 0.05) is 5.69 Å². The number of aryl methyl sites for hydroxylation is 1. The minimum absolute atomic E-state index is 0.162. The van der Waals surface area contributed by atoms with Crippen LogP contribution in [0.15, 0.2) is 9.82 Å². The van der Waals surface area contributed by atoms with Crippen LogP contribution in [-0.4, -0.2) is 40.4 Å². The highest BCUT2D eigenvalue weighted by molar-refractivity contribution is 8.00. The van der Waals surface area contributed by atoms with Crippen LogP contribution in [0.5, 0.6) is 0 Å². The van der Waals surface area contributed by atoms with Crippen LogP contribution in [0.4, 0.5) is 0 Å². The maximum absolute atomic E-state index is 12.0. The second-order valence-electron chi connectivity index (χ2n) is 4.08. The molecule has 0 spiro atoms. The van der Waals surface area contributed by atoms with Crippen molar-refractivity contribution in [3.05, 3.63) is 21.7 Å². The number of ether oxygens (including phenoxy) is 2. The van der Waals surface area contributed by atoms with Gasteiger partial charge in [-0.05, 0) is 27.7 Å². The fourth-order valence-electron chi connectivity index (χ4n) is 1.56. The van der Waals surface area contributed by atoms with Crippen LogP contribution in [0.25, 0.3) is 0 Å².